The van der Waals surface area contributed by atoms with Crippen LogP contribution in [0.3, 0.4) is 0 Å². The zero-order valence-electron chi connectivity index (χ0n) is 39.3. The maximum absolute atomic E-state index is 2.72. The van der Waals surface area contributed by atoms with Crippen molar-refractivity contribution in [3.63, 3.8) is 0 Å². The van der Waals surface area contributed by atoms with Gasteiger partial charge in [-0.2, -0.15) is 0 Å². The van der Waals surface area contributed by atoms with Crippen LogP contribution >= 0.6 is 11.3 Å². The summed E-state index contributed by atoms with van der Waals surface area (Å²) in [6, 6.07) is 68.1. The molecule has 5 aliphatic rings. The Hall–Kier alpha value is -6.22. The van der Waals surface area contributed by atoms with Crippen LogP contribution in [-0.2, 0) is 16.2 Å². The average Bonchev–Trinajstić information content (AvgIpc) is 4.05. The molecule has 8 aromatic carbocycles. The Morgan fingerprint density at radius 3 is 1.82 bits per heavy atom. The minimum absolute atomic E-state index is 0.105. The summed E-state index contributed by atoms with van der Waals surface area (Å²) >= 11 is 1.89. The molecule has 9 aromatic rings. The van der Waals surface area contributed by atoms with Gasteiger partial charge in [-0.25, -0.2) is 0 Å². The summed E-state index contributed by atoms with van der Waals surface area (Å²) in [6.07, 6.45) is 5.43. The van der Waals surface area contributed by atoms with Gasteiger partial charge in [0.1, 0.15) is 0 Å². The summed E-state index contributed by atoms with van der Waals surface area (Å²) in [5.74, 6) is 3.55. The van der Waals surface area contributed by atoms with Crippen LogP contribution in [0.15, 0.2) is 176 Å². The molecule has 2 unspecified atom stereocenters. The summed E-state index contributed by atoms with van der Waals surface area (Å²) in [4.78, 5) is 2.60. The predicted octanol–water partition coefficient (Wildman–Crippen LogP) is 17.9. The molecule has 328 valence electrons. The maximum atomic E-state index is 2.72. The second kappa shape index (κ2) is 14.2. The molecule has 6 atom stereocenters. The molecular formula is C65H57NS. The SMILES string of the molecule is C[C@H]1C[C@@H]2C[C@@H]3C[C@H](C1)C21c2cc(N(c4ccc(-c5ccccc5-c5cccc6sc7ccccc7c56)cc4)c4ccc5c(c4)C(C)(C)c4ccccc4-5)ccc2C(C)(C)c2ccccc2C31. The Bertz CT molecular complexity index is 3480. The topological polar surface area (TPSA) is 3.24 Å². The Balaban J connectivity index is 0.958. The zero-order chi connectivity index (χ0) is 45.0. The van der Waals surface area contributed by atoms with E-state index in [0.717, 1.165) is 11.8 Å². The standard InChI is InChI=1S/C65H57NS/c1-39-33-42-35-41-36-43(34-39)65(42)58-38-46(30-32-56(58)63(2,3)55-22-12-9-18-52(55)62(41)65)66(45-29-31-50-49-17-8-11-21-54(49)64(4,5)57(50)37-45)44-27-25-40(26-28-44)47-15-6-7-16-48(47)51-20-14-24-60-61(51)53-19-10-13-23-59(53)67-60/h6-32,37-39,41-43,62H,33-36H2,1-5H3/t39-,41+,42+,43-,62?,65?. The molecule has 1 aromatic heterocycles. The van der Waals surface area contributed by atoms with E-state index < -0.39 is 0 Å². The van der Waals surface area contributed by atoms with Crippen molar-refractivity contribution in [3.8, 4) is 33.4 Å². The first-order valence-corrected chi connectivity index (χ1v) is 25.8. The predicted molar refractivity (Wildman–Crippen MR) is 284 cm³/mol. The number of hydrogen-bond donors (Lipinski definition) is 0. The van der Waals surface area contributed by atoms with Crippen molar-refractivity contribution in [2.24, 2.45) is 23.7 Å². The molecule has 0 aliphatic heterocycles. The highest BCUT2D eigenvalue weighted by Crippen LogP contribution is 2.75. The average molecular weight is 884 g/mol. The fourth-order valence-electron chi connectivity index (χ4n) is 15.6. The van der Waals surface area contributed by atoms with Gasteiger partial charge in [-0.1, -0.05) is 162 Å². The van der Waals surface area contributed by atoms with Gasteiger partial charge in [0.25, 0.3) is 0 Å². The fraction of sp³-hybridized carbons (Fsp3) is 0.262. The molecule has 0 amide bonds. The molecule has 5 aliphatic carbocycles. The first-order valence-electron chi connectivity index (χ1n) is 25.0. The van der Waals surface area contributed by atoms with Crippen molar-refractivity contribution < 1.29 is 0 Å². The summed E-state index contributed by atoms with van der Waals surface area (Å²) in [6.45, 7) is 12.4. The number of thiophene rings is 1. The number of anilines is 3. The quantitative estimate of drug-likeness (QED) is 0.166. The Kier molecular flexibility index (Phi) is 8.43. The molecule has 1 nitrogen and oxygen atoms in total. The highest BCUT2D eigenvalue weighted by molar-refractivity contribution is 7.25. The lowest BCUT2D eigenvalue weighted by Gasteiger charge is -2.51. The molecule has 0 N–H and O–H groups in total. The van der Waals surface area contributed by atoms with Crippen LogP contribution in [0, 0.1) is 23.7 Å². The van der Waals surface area contributed by atoms with E-state index in [4.69, 9.17) is 0 Å². The van der Waals surface area contributed by atoms with Crippen LogP contribution in [0.2, 0.25) is 0 Å². The van der Waals surface area contributed by atoms with E-state index in [-0.39, 0.29) is 16.2 Å². The fourth-order valence-corrected chi connectivity index (χ4v) is 16.7. The number of benzene rings is 8. The lowest BCUT2D eigenvalue weighted by molar-refractivity contribution is 0.0822. The maximum Gasteiger partial charge on any atom is 0.0465 e. The van der Waals surface area contributed by atoms with Crippen LogP contribution in [0.25, 0.3) is 53.6 Å². The van der Waals surface area contributed by atoms with Gasteiger partial charge in [-0.15, -0.1) is 11.3 Å². The lowest BCUT2D eigenvalue weighted by atomic mass is 9.53. The van der Waals surface area contributed by atoms with E-state index in [1.807, 2.05) is 11.3 Å². The molecule has 2 bridgehead atoms. The van der Waals surface area contributed by atoms with E-state index in [1.165, 1.54) is 107 Å². The molecule has 67 heavy (non-hydrogen) atoms. The molecule has 2 heteroatoms. The number of fused-ring (bicyclic) bond motifs is 8. The van der Waals surface area contributed by atoms with E-state index >= 15 is 0 Å². The monoisotopic (exact) mass is 883 g/mol. The van der Waals surface area contributed by atoms with E-state index in [9.17, 15) is 0 Å². The normalized spacial score (nSPS) is 24.4. The van der Waals surface area contributed by atoms with Crippen molar-refractivity contribution in [3.05, 3.63) is 209 Å². The van der Waals surface area contributed by atoms with Gasteiger partial charge in [0, 0.05) is 53.5 Å². The van der Waals surface area contributed by atoms with Crippen LogP contribution in [-0.4, -0.2) is 0 Å². The molecular weight excluding hydrogens is 827 g/mol. The van der Waals surface area contributed by atoms with Crippen LogP contribution in [0.1, 0.15) is 99.6 Å². The molecule has 1 heterocycles. The van der Waals surface area contributed by atoms with Gasteiger partial charge < -0.3 is 4.90 Å². The number of rotatable bonds is 5. The first kappa shape index (κ1) is 39.9. The molecule has 3 saturated carbocycles. The third-order valence-corrected chi connectivity index (χ3v) is 19.3. The smallest absolute Gasteiger partial charge is 0.0465 e. The minimum Gasteiger partial charge on any atom is -0.310 e. The van der Waals surface area contributed by atoms with Crippen LogP contribution in [0.4, 0.5) is 17.1 Å². The summed E-state index contributed by atoms with van der Waals surface area (Å²) < 4.78 is 2.67. The number of nitrogens with zero attached hydrogens (tertiary/aromatic N) is 1. The Morgan fingerprint density at radius 2 is 1.03 bits per heavy atom. The van der Waals surface area contributed by atoms with Gasteiger partial charge in [-0.3, -0.25) is 0 Å². The van der Waals surface area contributed by atoms with Gasteiger partial charge in [-0.05, 0) is 171 Å². The van der Waals surface area contributed by atoms with E-state index in [2.05, 4.69) is 215 Å². The highest BCUT2D eigenvalue weighted by atomic mass is 32.1. The molecule has 1 spiro atoms. The van der Waals surface area contributed by atoms with Crippen molar-refractivity contribution in [2.45, 2.75) is 82.5 Å². The van der Waals surface area contributed by atoms with Gasteiger partial charge >= 0.3 is 0 Å². The van der Waals surface area contributed by atoms with Crippen molar-refractivity contribution in [1.29, 1.82) is 0 Å². The summed E-state index contributed by atoms with van der Waals surface area (Å²) in [7, 11) is 0. The Labute approximate surface area is 400 Å². The molecule has 0 radical (unpaired) electrons. The second-order valence-corrected chi connectivity index (χ2v) is 23.2. The summed E-state index contributed by atoms with van der Waals surface area (Å²) in [5, 5.41) is 2.69. The third kappa shape index (κ3) is 5.43. The second-order valence-electron chi connectivity index (χ2n) is 22.2. The summed E-state index contributed by atoms with van der Waals surface area (Å²) in [5.41, 5.74) is 20.6. The van der Waals surface area contributed by atoms with Crippen LogP contribution < -0.4 is 4.90 Å². The highest BCUT2D eigenvalue weighted by Gasteiger charge is 2.68. The molecule has 0 saturated heterocycles. The third-order valence-electron chi connectivity index (χ3n) is 18.1. The van der Waals surface area contributed by atoms with Gasteiger partial charge in [0.05, 0.1) is 0 Å². The zero-order valence-corrected chi connectivity index (χ0v) is 40.1. The number of hydrogen-bond acceptors (Lipinski definition) is 2. The van der Waals surface area contributed by atoms with Gasteiger partial charge in [0.15, 0.2) is 0 Å². The lowest BCUT2D eigenvalue weighted by Crippen LogP contribution is -2.46. The van der Waals surface area contributed by atoms with E-state index in [1.54, 1.807) is 22.3 Å². The van der Waals surface area contributed by atoms with Crippen molar-refractivity contribution in [2.75, 3.05) is 4.90 Å². The Morgan fingerprint density at radius 1 is 0.448 bits per heavy atom. The van der Waals surface area contributed by atoms with E-state index in [0.29, 0.717) is 17.8 Å². The molecule has 14 rings (SSSR count). The molecule has 3 fully saturated rings. The van der Waals surface area contributed by atoms with Crippen molar-refractivity contribution in [1.82, 2.24) is 0 Å². The largest absolute Gasteiger partial charge is 0.310 e. The van der Waals surface area contributed by atoms with Crippen LogP contribution in [0.5, 0.6) is 0 Å². The van der Waals surface area contributed by atoms with Gasteiger partial charge in [0.2, 0.25) is 0 Å². The van der Waals surface area contributed by atoms with Crippen molar-refractivity contribution >= 4 is 48.6 Å². The minimum atomic E-state index is -0.107. The first-order chi connectivity index (χ1) is 32.6.